The van der Waals surface area contributed by atoms with Crippen LogP contribution in [0.1, 0.15) is 29.5 Å². The van der Waals surface area contributed by atoms with E-state index in [2.05, 4.69) is 10.6 Å². The molecule has 4 heteroatoms. The standard InChI is InChI=1S/C20H22N2O2/c1-13-4-7-16(8-5-13)21-18(23)20(10-11-20)19(24)22-17-9-6-14(2)12-15(17)3/h4-9,12H,10-11H2,1-3H3,(H,21,23)(H,22,24). The maximum Gasteiger partial charge on any atom is 0.240 e. The van der Waals surface area contributed by atoms with Crippen molar-refractivity contribution in [2.24, 2.45) is 5.41 Å². The van der Waals surface area contributed by atoms with Crippen molar-refractivity contribution in [3.63, 3.8) is 0 Å². The molecular formula is C20H22N2O2. The number of carbonyl (C=O) groups is 2. The molecule has 0 atom stereocenters. The van der Waals surface area contributed by atoms with Gasteiger partial charge in [-0.3, -0.25) is 9.59 Å². The molecule has 2 N–H and O–H groups in total. The first-order chi connectivity index (χ1) is 11.4. The van der Waals surface area contributed by atoms with Gasteiger partial charge in [0.2, 0.25) is 11.8 Å². The molecule has 0 radical (unpaired) electrons. The zero-order valence-electron chi connectivity index (χ0n) is 14.3. The molecule has 4 nitrogen and oxygen atoms in total. The van der Waals surface area contributed by atoms with Gasteiger partial charge in [-0.2, -0.15) is 0 Å². The fraction of sp³-hybridized carbons (Fsp3) is 0.300. The topological polar surface area (TPSA) is 58.2 Å². The lowest BCUT2D eigenvalue weighted by atomic mass is 10.0. The number of rotatable bonds is 4. The van der Waals surface area contributed by atoms with E-state index in [0.29, 0.717) is 12.8 Å². The van der Waals surface area contributed by atoms with Crippen LogP contribution in [0.3, 0.4) is 0 Å². The molecule has 2 aromatic rings. The summed E-state index contributed by atoms with van der Waals surface area (Å²) in [5.41, 5.74) is 3.81. The number of benzene rings is 2. The molecule has 1 aliphatic carbocycles. The molecule has 1 aliphatic rings. The van der Waals surface area contributed by atoms with Crippen LogP contribution in [0.5, 0.6) is 0 Å². The smallest absolute Gasteiger partial charge is 0.240 e. The summed E-state index contributed by atoms with van der Waals surface area (Å²) in [5.74, 6) is -0.451. The molecule has 0 bridgehead atoms. The fourth-order valence-electron chi connectivity index (χ4n) is 2.77. The highest BCUT2D eigenvalue weighted by Gasteiger charge is 2.56. The maximum atomic E-state index is 12.6. The fourth-order valence-corrected chi connectivity index (χ4v) is 2.77. The van der Waals surface area contributed by atoms with Gasteiger partial charge >= 0.3 is 0 Å². The molecule has 0 spiro atoms. The molecule has 2 amide bonds. The number of anilines is 2. The van der Waals surface area contributed by atoms with E-state index < -0.39 is 5.41 Å². The van der Waals surface area contributed by atoms with Gasteiger partial charge in [-0.05, 0) is 57.4 Å². The van der Waals surface area contributed by atoms with E-state index in [-0.39, 0.29) is 11.8 Å². The Kier molecular flexibility index (Phi) is 4.14. The van der Waals surface area contributed by atoms with Gasteiger partial charge in [0.25, 0.3) is 0 Å². The van der Waals surface area contributed by atoms with Crippen molar-refractivity contribution in [2.45, 2.75) is 33.6 Å². The van der Waals surface area contributed by atoms with Gasteiger partial charge in [0.1, 0.15) is 5.41 Å². The molecule has 1 saturated carbocycles. The highest BCUT2D eigenvalue weighted by atomic mass is 16.2. The molecule has 2 aromatic carbocycles. The second kappa shape index (κ2) is 6.11. The summed E-state index contributed by atoms with van der Waals surface area (Å²) in [6.45, 7) is 5.95. The SMILES string of the molecule is Cc1ccc(NC(=O)C2(C(=O)Nc3ccc(C)cc3C)CC2)cc1. The molecule has 0 aromatic heterocycles. The summed E-state index contributed by atoms with van der Waals surface area (Å²) in [6.07, 6.45) is 1.17. The summed E-state index contributed by atoms with van der Waals surface area (Å²) in [6, 6.07) is 13.4. The molecular weight excluding hydrogens is 300 g/mol. The molecule has 0 aliphatic heterocycles. The number of hydrogen-bond donors (Lipinski definition) is 2. The summed E-state index contributed by atoms with van der Waals surface area (Å²) in [4.78, 5) is 25.2. The Morgan fingerprint density at radius 2 is 1.42 bits per heavy atom. The quantitative estimate of drug-likeness (QED) is 0.837. The summed E-state index contributed by atoms with van der Waals surface area (Å²) < 4.78 is 0. The van der Waals surface area contributed by atoms with Crippen LogP contribution in [0.25, 0.3) is 0 Å². The van der Waals surface area contributed by atoms with Crippen molar-refractivity contribution in [1.29, 1.82) is 0 Å². The first-order valence-corrected chi connectivity index (χ1v) is 8.17. The van der Waals surface area contributed by atoms with Crippen LogP contribution < -0.4 is 10.6 Å². The second-order valence-corrected chi connectivity index (χ2v) is 6.67. The molecule has 3 rings (SSSR count). The third-order valence-corrected chi connectivity index (χ3v) is 4.56. The van der Waals surface area contributed by atoms with E-state index >= 15 is 0 Å². The number of carbonyl (C=O) groups excluding carboxylic acids is 2. The Balaban J connectivity index is 1.71. The van der Waals surface area contributed by atoms with Gasteiger partial charge in [-0.25, -0.2) is 0 Å². The average Bonchev–Trinajstić information content (AvgIpc) is 3.34. The van der Waals surface area contributed by atoms with Crippen LogP contribution in [0.2, 0.25) is 0 Å². The Morgan fingerprint density at radius 1 is 0.833 bits per heavy atom. The van der Waals surface area contributed by atoms with Crippen molar-refractivity contribution in [1.82, 2.24) is 0 Å². The Hall–Kier alpha value is -2.62. The first kappa shape index (κ1) is 16.2. The normalized spacial score (nSPS) is 14.8. The summed E-state index contributed by atoms with van der Waals surface area (Å²) in [5, 5.41) is 5.78. The van der Waals surface area contributed by atoms with Gasteiger partial charge in [-0.1, -0.05) is 35.4 Å². The van der Waals surface area contributed by atoms with Crippen LogP contribution >= 0.6 is 0 Å². The zero-order chi connectivity index (χ0) is 17.3. The highest BCUT2D eigenvalue weighted by Crippen LogP contribution is 2.47. The number of hydrogen-bond acceptors (Lipinski definition) is 2. The van der Waals surface area contributed by atoms with Crippen molar-refractivity contribution >= 4 is 23.2 Å². The predicted molar refractivity (Wildman–Crippen MR) is 96.0 cm³/mol. The molecule has 1 fully saturated rings. The molecule has 0 saturated heterocycles. The minimum Gasteiger partial charge on any atom is -0.325 e. The largest absolute Gasteiger partial charge is 0.325 e. The van der Waals surface area contributed by atoms with Crippen LogP contribution in [0.4, 0.5) is 11.4 Å². The van der Waals surface area contributed by atoms with E-state index in [1.54, 1.807) is 0 Å². The lowest BCUT2D eigenvalue weighted by Crippen LogP contribution is -2.35. The van der Waals surface area contributed by atoms with Crippen molar-refractivity contribution in [2.75, 3.05) is 10.6 Å². The first-order valence-electron chi connectivity index (χ1n) is 8.17. The van der Waals surface area contributed by atoms with Gasteiger partial charge in [0.15, 0.2) is 0 Å². The van der Waals surface area contributed by atoms with E-state index in [0.717, 1.165) is 28.1 Å². The highest BCUT2D eigenvalue weighted by molar-refractivity contribution is 6.17. The maximum absolute atomic E-state index is 12.6. The number of amides is 2. The van der Waals surface area contributed by atoms with E-state index in [1.807, 2.05) is 63.2 Å². The number of aryl methyl sites for hydroxylation is 3. The minimum absolute atomic E-state index is 0.223. The Morgan fingerprint density at radius 3 is 2.00 bits per heavy atom. The van der Waals surface area contributed by atoms with Gasteiger partial charge in [-0.15, -0.1) is 0 Å². The zero-order valence-corrected chi connectivity index (χ0v) is 14.3. The van der Waals surface area contributed by atoms with Crippen molar-refractivity contribution in [3.8, 4) is 0 Å². The van der Waals surface area contributed by atoms with Gasteiger partial charge in [0, 0.05) is 11.4 Å². The van der Waals surface area contributed by atoms with Crippen LogP contribution in [-0.2, 0) is 9.59 Å². The molecule has 24 heavy (non-hydrogen) atoms. The molecule has 0 heterocycles. The summed E-state index contributed by atoms with van der Waals surface area (Å²) >= 11 is 0. The Labute approximate surface area is 142 Å². The lowest BCUT2D eigenvalue weighted by Gasteiger charge is -2.17. The van der Waals surface area contributed by atoms with Crippen LogP contribution in [0.15, 0.2) is 42.5 Å². The number of nitrogens with one attached hydrogen (secondary N) is 2. The van der Waals surface area contributed by atoms with Gasteiger partial charge in [0.05, 0.1) is 0 Å². The van der Waals surface area contributed by atoms with E-state index in [4.69, 9.17) is 0 Å². The van der Waals surface area contributed by atoms with E-state index in [1.165, 1.54) is 0 Å². The monoisotopic (exact) mass is 322 g/mol. The van der Waals surface area contributed by atoms with Crippen molar-refractivity contribution in [3.05, 3.63) is 59.2 Å². The van der Waals surface area contributed by atoms with E-state index in [9.17, 15) is 9.59 Å². The predicted octanol–water partition coefficient (Wildman–Crippen LogP) is 3.97. The third kappa shape index (κ3) is 3.18. The van der Waals surface area contributed by atoms with Gasteiger partial charge < -0.3 is 10.6 Å². The minimum atomic E-state index is -0.942. The Bertz CT molecular complexity index is 790. The third-order valence-electron chi connectivity index (χ3n) is 4.56. The van der Waals surface area contributed by atoms with Crippen LogP contribution in [-0.4, -0.2) is 11.8 Å². The average molecular weight is 322 g/mol. The molecule has 124 valence electrons. The van der Waals surface area contributed by atoms with Crippen molar-refractivity contribution < 1.29 is 9.59 Å². The van der Waals surface area contributed by atoms with Crippen LogP contribution in [0, 0.1) is 26.2 Å². The summed E-state index contributed by atoms with van der Waals surface area (Å²) in [7, 11) is 0. The second-order valence-electron chi connectivity index (χ2n) is 6.67. The molecule has 0 unspecified atom stereocenters. The lowest BCUT2D eigenvalue weighted by molar-refractivity contribution is -0.131.